The Balaban J connectivity index is 1.98. The Bertz CT molecular complexity index is 740. The van der Waals surface area contributed by atoms with Crippen LogP contribution < -0.4 is 9.80 Å². The third kappa shape index (κ3) is 3.32. The summed E-state index contributed by atoms with van der Waals surface area (Å²) in [5.41, 5.74) is 0.633. The first kappa shape index (κ1) is 18.3. The Morgan fingerprint density at radius 2 is 2.12 bits per heavy atom. The largest absolute Gasteiger partial charge is 0.369 e. The van der Waals surface area contributed by atoms with Crippen LogP contribution in [0.25, 0.3) is 0 Å². The lowest BCUT2D eigenvalue weighted by atomic mass is 9.86. The molecule has 1 aliphatic carbocycles. The van der Waals surface area contributed by atoms with Crippen LogP contribution in [0, 0.1) is 17.7 Å². The predicted molar refractivity (Wildman–Crippen MR) is 101 cm³/mol. The minimum absolute atomic E-state index is 0.00359. The van der Waals surface area contributed by atoms with Crippen LogP contribution >= 0.6 is 20.2 Å². The number of hydrogen-bond donors (Lipinski definition) is 0. The Kier molecular flexibility index (Phi) is 5.45. The maximum atomic E-state index is 14.6. The third-order valence-corrected chi connectivity index (χ3v) is 6.23. The fraction of sp³-hybridized carbons (Fsp3) is 0.444. The number of benzene rings is 1. The van der Waals surface area contributed by atoms with Crippen LogP contribution in [0.1, 0.15) is 19.8 Å². The molecule has 1 fully saturated rings. The van der Waals surface area contributed by atoms with E-state index in [0.717, 1.165) is 32.3 Å². The number of allylic oxidation sites excluding steroid dienone is 1. The number of imide groups is 1. The molecule has 1 aliphatic heterocycles. The van der Waals surface area contributed by atoms with Gasteiger partial charge in [0.15, 0.2) is 0 Å². The van der Waals surface area contributed by atoms with E-state index >= 15 is 0 Å². The van der Waals surface area contributed by atoms with Crippen LogP contribution in [0.15, 0.2) is 24.3 Å². The fourth-order valence-electron chi connectivity index (χ4n) is 3.38. The molecule has 3 rings (SSSR count). The van der Waals surface area contributed by atoms with Crippen molar-refractivity contribution in [1.29, 1.82) is 0 Å². The molecule has 3 unspecified atom stereocenters. The molecule has 0 N–H and O–H groups in total. The van der Waals surface area contributed by atoms with Crippen molar-refractivity contribution in [3.8, 4) is 0 Å². The van der Waals surface area contributed by atoms with Gasteiger partial charge in [0, 0.05) is 13.3 Å². The summed E-state index contributed by atoms with van der Waals surface area (Å²) in [5, 5.41) is 0.279. The normalized spacial score (nSPS) is 23.0. The topological polar surface area (TPSA) is 40.6 Å². The molecule has 0 bridgehead atoms. The van der Waals surface area contributed by atoms with Crippen LogP contribution in [-0.4, -0.2) is 31.3 Å². The summed E-state index contributed by atoms with van der Waals surface area (Å²) >= 11 is 6.20. The zero-order valence-corrected chi connectivity index (χ0v) is 16.0. The van der Waals surface area contributed by atoms with Crippen molar-refractivity contribution in [3.05, 3.63) is 35.1 Å². The van der Waals surface area contributed by atoms with Gasteiger partial charge in [-0.25, -0.2) is 9.29 Å². The lowest BCUT2D eigenvalue weighted by Crippen LogP contribution is -2.32. The molecule has 1 aromatic carbocycles. The van der Waals surface area contributed by atoms with E-state index in [9.17, 15) is 14.0 Å². The summed E-state index contributed by atoms with van der Waals surface area (Å²) in [7, 11) is 2.60. The summed E-state index contributed by atoms with van der Waals surface area (Å²) in [6.45, 7) is 2.10. The van der Waals surface area contributed by atoms with Crippen LogP contribution in [-0.2, 0) is 9.59 Å². The summed E-state index contributed by atoms with van der Waals surface area (Å²) < 4.78 is 14.6. The van der Waals surface area contributed by atoms with Gasteiger partial charge in [0.2, 0.25) is 11.8 Å². The molecule has 0 saturated carbocycles. The molecule has 4 nitrogen and oxygen atoms in total. The molecule has 0 spiro atoms. The zero-order chi connectivity index (χ0) is 18.1. The maximum absolute atomic E-state index is 14.6. The molecule has 7 heteroatoms. The first-order chi connectivity index (χ1) is 12.0. The van der Waals surface area contributed by atoms with Gasteiger partial charge in [-0.05, 0) is 31.1 Å². The molecule has 134 valence electrons. The Labute approximate surface area is 153 Å². The lowest BCUT2D eigenvalue weighted by Gasteiger charge is -2.23. The minimum atomic E-state index is -0.649. The number of rotatable bonds is 5. The van der Waals surface area contributed by atoms with Crippen LogP contribution in [0.5, 0.6) is 0 Å². The predicted octanol–water partition coefficient (Wildman–Crippen LogP) is 4.03. The average molecular weight is 383 g/mol. The molecule has 1 aromatic rings. The second-order valence-electron chi connectivity index (χ2n) is 6.36. The van der Waals surface area contributed by atoms with Crippen molar-refractivity contribution in [3.63, 3.8) is 0 Å². The molecular formula is C18H21ClFN2O2P. The van der Waals surface area contributed by atoms with E-state index in [1.165, 1.54) is 12.1 Å². The number of hydrogen-bond acceptors (Lipinski definition) is 3. The highest BCUT2D eigenvalue weighted by atomic mass is 35.5. The molecule has 25 heavy (non-hydrogen) atoms. The van der Waals surface area contributed by atoms with Gasteiger partial charge in [-0.15, -0.1) is 8.58 Å². The average Bonchev–Trinajstić information content (AvgIpc) is 2.85. The third-order valence-electron chi connectivity index (χ3n) is 4.73. The highest BCUT2D eigenvalue weighted by molar-refractivity contribution is 7.38. The number of carbonyl (C=O) groups excluding carboxylic acids is 2. The van der Waals surface area contributed by atoms with Gasteiger partial charge in [-0.2, -0.15) is 0 Å². The highest BCUT2D eigenvalue weighted by Crippen LogP contribution is 2.40. The molecular weight excluding hydrogens is 362 g/mol. The number of carbonyl (C=O) groups is 2. The van der Waals surface area contributed by atoms with E-state index in [0.29, 0.717) is 12.1 Å². The van der Waals surface area contributed by atoms with E-state index in [1.54, 1.807) is 6.08 Å². The maximum Gasteiger partial charge on any atom is 0.241 e. The van der Waals surface area contributed by atoms with E-state index in [1.807, 2.05) is 18.0 Å². The van der Waals surface area contributed by atoms with Crippen LogP contribution in [0.3, 0.4) is 0 Å². The zero-order valence-electron chi connectivity index (χ0n) is 14.3. The van der Waals surface area contributed by atoms with Crippen molar-refractivity contribution in [2.75, 3.05) is 29.3 Å². The van der Waals surface area contributed by atoms with Gasteiger partial charge in [0.05, 0.1) is 28.2 Å². The SMILES string of the molecule is CCPCN(C)c1cc(N2C(=O)C3C=CCCC3C2=O)c(F)cc1Cl. The molecule has 3 atom stereocenters. The number of anilines is 2. The van der Waals surface area contributed by atoms with E-state index in [4.69, 9.17) is 11.6 Å². The molecule has 0 radical (unpaired) electrons. The van der Waals surface area contributed by atoms with Crippen molar-refractivity contribution < 1.29 is 14.0 Å². The standard InChI is InChI=1S/C18H21ClFN2O2P/c1-3-25-10-21(2)15-9-16(14(20)8-13(15)19)22-17(23)11-6-4-5-7-12(11)18(22)24/h4,6,8-9,11-12,25H,3,5,7,10H2,1-2H3. The second-order valence-corrected chi connectivity index (χ2v) is 8.29. The van der Waals surface area contributed by atoms with E-state index in [-0.39, 0.29) is 28.4 Å². The Morgan fingerprint density at radius 1 is 1.36 bits per heavy atom. The van der Waals surface area contributed by atoms with Gasteiger partial charge in [0.1, 0.15) is 5.82 Å². The second kappa shape index (κ2) is 7.43. The molecule has 0 aromatic heterocycles. The number of fused-ring (bicyclic) bond motifs is 1. The van der Waals surface area contributed by atoms with E-state index in [2.05, 4.69) is 6.92 Å². The summed E-state index contributed by atoms with van der Waals surface area (Å²) in [6, 6.07) is 2.71. The fourth-order valence-corrected chi connectivity index (χ4v) is 4.40. The Morgan fingerprint density at radius 3 is 2.80 bits per heavy atom. The van der Waals surface area contributed by atoms with Crippen molar-refractivity contribution in [2.24, 2.45) is 11.8 Å². The van der Waals surface area contributed by atoms with Gasteiger partial charge in [-0.1, -0.05) is 30.7 Å². The highest BCUT2D eigenvalue weighted by Gasteiger charge is 2.48. The van der Waals surface area contributed by atoms with Gasteiger partial charge >= 0.3 is 0 Å². The first-order valence-corrected chi connectivity index (χ1v) is 10.2. The molecule has 2 amide bonds. The number of amides is 2. The molecule has 1 saturated heterocycles. The van der Waals surface area contributed by atoms with Gasteiger partial charge in [0.25, 0.3) is 0 Å². The smallest absolute Gasteiger partial charge is 0.241 e. The van der Waals surface area contributed by atoms with Crippen LogP contribution in [0.4, 0.5) is 15.8 Å². The van der Waals surface area contributed by atoms with Crippen molar-refractivity contribution in [2.45, 2.75) is 19.8 Å². The number of nitrogens with zero attached hydrogens (tertiary/aromatic N) is 2. The van der Waals surface area contributed by atoms with Crippen molar-refractivity contribution in [1.82, 2.24) is 0 Å². The first-order valence-electron chi connectivity index (χ1n) is 8.41. The van der Waals surface area contributed by atoms with Crippen molar-refractivity contribution >= 4 is 43.4 Å². The monoisotopic (exact) mass is 382 g/mol. The minimum Gasteiger partial charge on any atom is -0.369 e. The van der Waals surface area contributed by atoms with Crippen LogP contribution in [0.2, 0.25) is 5.02 Å². The molecule has 2 aliphatic rings. The lowest BCUT2D eigenvalue weighted by molar-refractivity contribution is -0.122. The summed E-state index contributed by atoms with van der Waals surface area (Å²) in [4.78, 5) is 28.3. The summed E-state index contributed by atoms with van der Waals surface area (Å²) in [6.07, 6.45) is 6.92. The van der Waals surface area contributed by atoms with E-state index < -0.39 is 11.7 Å². The van der Waals surface area contributed by atoms with Gasteiger partial charge < -0.3 is 4.90 Å². The number of halogens is 2. The summed E-state index contributed by atoms with van der Waals surface area (Å²) in [5.74, 6) is -2.17. The quantitative estimate of drug-likeness (QED) is 0.438. The Hall–Kier alpha value is -1.45. The van der Waals surface area contributed by atoms with Gasteiger partial charge in [-0.3, -0.25) is 9.59 Å². The molecule has 1 heterocycles.